The molecule has 18 heavy (non-hydrogen) atoms. The SMILES string of the molecule is Cn1c(-c2c(O)cccc2O)nc2ccncc21. The van der Waals surface area contributed by atoms with E-state index in [4.69, 9.17) is 0 Å². The van der Waals surface area contributed by atoms with Crippen LogP contribution in [0.1, 0.15) is 0 Å². The molecule has 5 nitrogen and oxygen atoms in total. The number of rotatable bonds is 1. The number of hydrogen-bond acceptors (Lipinski definition) is 4. The van der Waals surface area contributed by atoms with Crippen LogP contribution in [0.15, 0.2) is 36.7 Å². The molecule has 0 unspecified atom stereocenters. The molecule has 0 radical (unpaired) electrons. The van der Waals surface area contributed by atoms with E-state index in [0.717, 1.165) is 11.0 Å². The van der Waals surface area contributed by atoms with E-state index in [-0.39, 0.29) is 11.5 Å². The summed E-state index contributed by atoms with van der Waals surface area (Å²) >= 11 is 0. The lowest BCUT2D eigenvalue weighted by molar-refractivity contribution is 0.453. The Morgan fingerprint density at radius 2 is 1.83 bits per heavy atom. The van der Waals surface area contributed by atoms with Gasteiger partial charge in [-0.05, 0) is 18.2 Å². The molecule has 2 heterocycles. The third-order valence-electron chi connectivity index (χ3n) is 2.93. The van der Waals surface area contributed by atoms with Gasteiger partial charge in [-0.25, -0.2) is 4.98 Å². The molecule has 1 aromatic carbocycles. The second-order valence-corrected chi connectivity index (χ2v) is 4.03. The van der Waals surface area contributed by atoms with Crippen LogP contribution in [-0.4, -0.2) is 24.7 Å². The summed E-state index contributed by atoms with van der Waals surface area (Å²) in [6.45, 7) is 0. The van der Waals surface area contributed by atoms with Gasteiger partial charge < -0.3 is 14.8 Å². The standard InChI is InChI=1S/C13H11N3O2/c1-16-9-7-14-6-5-8(9)15-13(16)12-10(17)3-2-4-11(12)18/h2-7,17-18H,1H3. The van der Waals surface area contributed by atoms with E-state index in [9.17, 15) is 10.2 Å². The highest BCUT2D eigenvalue weighted by Gasteiger charge is 2.16. The molecule has 0 aliphatic heterocycles. The van der Waals surface area contributed by atoms with Gasteiger partial charge in [0, 0.05) is 13.2 Å². The van der Waals surface area contributed by atoms with Crippen LogP contribution in [0.5, 0.6) is 11.5 Å². The molecule has 0 saturated heterocycles. The van der Waals surface area contributed by atoms with Crippen LogP contribution in [0.25, 0.3) is 22.4 Å². The van der Waals surface area contributed by atoms with Gasteiger partial charge in [-0.2, -0.15) is 0 Å². The largest absolute Gasteiger partial charge is 0.507 e. The lowest BCUT2D eigenvalue weighted by Crippen LogP contribution is -1.93. The number of phenolic OH excluding ortho intramolecular Hbond substituents is 2. The number of hydrogen-bond donors (Lipinski definition) is 2. The Hall–Kier alpha value is -2.56. The summed E-state index contributed by atoms with van der Waals surface area (Å²) in [4.78, 5) is 8.45. The Kier molecular flexibility index (Phi) is 2.19. The molecule has 0 fully saturated rings. The van der Waals surface area contributed by atoms with E-state index in [1.165, 1.54) is 12.1 Å². The minimum absolute atomic E-state index is 0.00126. The van der Waals surface area contributed by atoms with Crippen molar-refractivity contribution >= 4 is 11.0 Å². The maximum absolute atomic E-state index is 9.87. The molecular weight excluding hydrogens is 230 g/mol. The molecule has 90 valence electrons. The van der Waals surface area contributed by atoms with Crippen LogP contribution >= 0.6 is 0 Å². The minimum atomic E-state index is 0.00126. The van der Waals surface area contributed by atoms with E-state index in [0.29, 0.717) is 11.4 Å². The first kappa shape index (κ1) is 10.6. The highest BCUT2D eigenvalue weighted by Crippen LogP contribution is 2.36. The van der Waals surface area contributed by atoms with Gasteiger partial charge in [-0.15, -0.1) is 0 Å². The minimum Gasteiger partial charge on any atom is -0.507 e. The second kappa shape index (κ2) is 3.73. The molecule has 0 amide bonds. The molecule has 0 spiro atoms. The third-order valence-corrected chi connectivity index (χ3v) is 2.93. The zero-order chi connectivity index (χ0) is 12.7. The predicted octanol–water partition coefficient (Wildman–Crippen LogP) is 2.05. The van der Waals surface area contributed by atoms with E-state index in [2.05, 4.69) is 9.97 Å². The number of aromatic hydroxyl groups is 2. The van der Waals surface area contributed by atoms with Crippen molar-refractivity contribution in [1.82, 2.24) is 14.5 Å². The maximum atomic E-state index is 9.87. The summed E-state index contributed by atoms with van der Waals surface area (Å²) in [7, 11) is 1.82. The van der Waals surface area contributed by atoms with Crippen molar-refractivity contribution in [3.05, 3.63) is 36.7 Å². The van der Waals surface area contributed by atoms with Gasteiger partial charge in [-0.1, -0.05) is 6.07 Å². The highest BCUT2D eigenvalue weighted by atomic mass is 16.3. The molecule has 2 aromatic heterocycles. The third kappa shape index (κ3) is 1.41. The number of phenols is 2. The Morgan fingerprint density at radius 3 is 2.50 bits per heavy atom. The molecule has 5 heteroatoms. The molecule has 0 bridgehead atoms. The Balaban J connectivity index is 2.36. The van der Waals surface area contributed by atoms with Gasteiger partial charge in [0.05, 0.1) is 17.2 Å². The average molecular weight is 241 g/mol. The maximum Gasteiger partial charge on any atom is 0.148 e. The van der Waals surface area contributed by atoms with Crippen molar-refractivity contribution in [2.75, 3.05) is 0 Å². The van der Waals surface area contributed by atoms with Crippen LogP contribution < -0.4 is 0 Å². The molecule has 0 aliphatic carbocycles. The first-order valence-electron chi connectivity index (χ1n) is 5.46. The zero-order valence-electron chi connectivity index (χ0n) is 9.70. The van der Waals surface area contributed by atoms with Crippen LogP contribution in [0.4, 0.5) is 0 Å². The molecule has 2 N–H and O–H groups in total. The number of pyridine rings is 1. The van der Waals surface area contributed by atoms with Crippen molar-refractivity contribution in [1.29, 1.82) is 0 Å². The molecular formula is C13H11N3O2. The van der Waals surface area contributed by atoms with Crippen LogP contribution in [0.2, 0.25) is 0 Å². The van der Waals surface area contributed by atoms with Crippen molar-refractivity contribution < 1.29 is 10.2 Å². The van der Waals surface area contributed by atoms with Gasteiger partial charge in [0.15, 0.2) is 0 Å². The van der Waals surface area contributed by atoms with Crippen molar-refractivity contribution in [3.8, 4) is 22.9 Å². The Labute approximate surface area is 103 Å². The lowest BCUT2D eigenvalue weighted by Gasteiger charge is -2.06. The van der Waals surface area contributed by atoms with Crippen molar-refractivity contribution in [3.63, 3.8) is 0 Å². The average Bonchev–Trinajstić information content (AvgIpc) is 2.68. The predicted molar refractivity (Wildman–Crippen MR) is 67.3 cm³/mol. The second-order valence-electron chi connectivity index (χ2n) is 4.03. The van der Waals surface area contributed by atoms with Crippen molar-refractivity contribution in [2.24, 2.45) is 7.05 Å². The molecule has 0 saturated carbocycles. The Bertz CT molecular complexity index is 714. The number of nitrogens with zero attached hydrogens (tertiary/aromatic N) is 3. The van der Waals surface area contributed by atoms with Gasteiger partial charge in [0.2, 0.25) is 0 Å². The van der Waals surface area contributed by atoms with Gasteiger partial charge in [-0.3, -0.25) is 4.98 Å². The normalized spacial score (nSPS) is 10.9. The number of benzene rings is 1. The van der Waals surface area contributed by atoms with Crippen LogP contribution in [0.3, 0.4) is 0 Å². The highest BCUT2D eigenvalue weighted by molar-refractivity contribution is 5.82. The fourth-order valence-corrected chi connectivity index (χ4v) is 2.02. The molecule has 3 rings (SSSR count). The van der Waals surface area contributed by atoms with Crippen LogP contribution in [0, 0.1) is 0 Å². The summed E-state index contributed by atoms with van der Waals surface area (Å²) in [6, 6.07) is 6.41. The first-order chi connectivity index (χ1) is 8.68. The van der Waals surface area contributed by atoms with E-state index < -0.39 is 0 Å². The van der Waals surface area contributed by atoms with Gasteiger partial charge in [0.1, 0.15) is 22.9 Å². The molecule has 0 atom stereocenters. The number of aryl methyl sites for hydroxylation is 1. The van der Waals surface area contributed by atoms with E-state index >= 15 is 0 Å². The summed E-state index contributed by atoms with van der Waals surface area (Å²) in [5, 5.41) is 19.7. The zero-order valence-corrected chi connectivity index (χ0v) is 9.70. The van der Waals surface area contributed by atoms with Crippen molar-refractivity contribution in [2.45, 2.75) is 0 Å². The quantitative estimate of drug-likeness (QED) is 0.684. The van der Waals surface area contributed by atoms with E-state index in [1.54, 1.807) is 29.1 Å². The molecule has 3 aromatic rings. The molecule has 0 aliphatic rings. The fraction of sp³-hybridized carbons (Fsp3) is 0.0769. The summed E-state index contributed by atoms with van der Waals surface area (Å²) in [5.41, 5.74) is 1.94. The van der Waals surface area contributed by atoms with Crippen LogP contribution in [-0.2, 0) is 7.05 Å². The van der Waals surface area contributed by atoms with Gasteiger partial charge >= 0.3 is 0 Å². The monoisotopic (exact) mass is 241 g/mol. The smallest absolute Gasteiger partial charge is 0.148 e. The number of imidazole rings is 1. The summed E-state index contributed by atoms with van der Waals surface area (Å²) in [5.74, 6) is 0.510. The fourth-order valence-electron chi connectivity index (χ4n) is 2.02. The topological polar surface area (TPSA) is 71.2 Å². The van der Waals surface area contributed by atoms with Gasteiger partial charge in [0.25, 0.3) is 0 Å². The Morgan fingerprint density at radius 1 is 1.11 bits per heavy atom. The lowest BCUT2D eigenvalue weighted by atomic mass is 10.1. The van der Waals surface area contributed by atoms with E-state index in [1.807, 2.05) is 7.05 Å². The summed E-state index contributed by atoms with van der Waals surface area (Å²) in [6.07, 6.45) is 3.35. The number of aromatic nitrogens is 3. The number of fused-ring (bicyclic) bond motifs is 1. The summed E-state index contributed by atoms with van der Waals surface area (Å²) < 4.78 is 1.79. The first-order valence-corrected chi connectivity index (χ1v) is 5.46.